The van der Waals surface area contributed by atoms with Gasteiger partial charge in [0.25, 0.3) is 0 Å². The van der Waals surface area contributed by atoms with E-state index in [2.05, 4.69) is 22.8 Å². The van der Waals surface area contributed by atoms with Crippen LogP contribution in [0.1, 0.15) is 57.6 Å². The third-order valence-electron chi connectivity index (χ3n) is 6.69. The fourth-order valence-electron chi connectivity index (χ4n) is 4.82. The topological polar surface area (TPSA) is 97.1 Å². The quantitative estimate of drug-likeness (QED) is 0.427. The second-order valence-electron chi connectivity index (χ2n) is 9.57. The highest BCUT2D eigenvalue weighted by atomic mass is 16.2. The minimum absolute atomic E-state index is 0.00262. The Morgan fingerprint density at radius 3 is 2.31 bits per heavy atom. The van der Waals surface area contributed by atoms with Crippen molar-refractivity contribution in [2.75, 3.05) is 5.32 Å². The van der Waals surface area contributed by atoms with Crippen LogP contribution in [0, 0.1) is 5.92 Å². The minimum Gasteiger partial charge on any atom is -0.354 e. The van der Waals surface area contributed by atoms with E-state index >= 15 is 0 Å². The monoisotopic (exact) mass is 470 g/mol. The van der Waals surface area contributed by atoms with E-state index in [1.54, 1.807) is 13.1 Å². The molecule has 35 heavy (non-hydrogen) atoms. The van der Waals surface area contributed by atoms with Crippen LogP contribution in [0.4, 0.5) is 5.69 Å². The molecule has 182 valence electrons. The van der Waals surface area contributed by atoms with Gasteiger partial charge in [-0.15, -0.1) is 0 Å². The molecule has 2 amide bonds. The molecule has 6 nitrogen and oxygen atoms in total. The number of nitrogens with zero attached hydrogens (tertiary/aromatic N) is 1. The number of pyridine rings is 1. The molecule has 2 aromatic carbocycles. The van der Waals surface area contributed by atoms with Crippen molar-refractivity contribution in [1.29, 1.82) is 0 Å². The Morgan fingerprint density at radius 2 is 1.69 bits per heavy atom. The molecular formula is C29H34N4O2. The third kappa shape index (κ3) is 6.55. The van der Waals surface area contributed by atoms with Gasteiger partial charge in [-0.1, -0.05) is 54.6 Å². The van der Waals surface area contributed by atoms with Crippen LogP contribution in [0.25, 0.3) is 22.4 Å². The smallest absolute Gasteiger partial charge is 0.224 e. The summed E-state index contributed by atoms with van der Waals surface area (Å²) in [4.78, 5) is 28.8. The normalized spacial score (nSPS) is 18.5. The fourth-order valence-corrected chi connectivity index (χ4v) is 4.82. The highest BCUT2D eigenvalue weighted by molar-refractivity contribution is 5.93. The average molecular weight is 471 g/mol. The first-order valence-electron chi connectivity index (χ1n) is 12.4. The minimum atomic E-state index is -0.0244. The number of carbonyl (C=O) groups is 2. The summed E-state index contributed by atoms with van der Waals surface area (Å²) in [5.74, 6) is 0.355. The third-order valence-corrected chi connectivity index (χ3v) is 6.69. The Labute approximate surface area is 207 Å². The van der Waals surface area contributed by atoms with Gasteiger partial charge in [0.05, 0.1) is 17.6 Å². The Hall–Kier alpha value is -3.51. The Kier molecular flexibility index (Phi) is 7.93. The molecule has 4 rings (SSSR count). The number of nitrogens with one attached hydrogen (secondary N) is 2. The lowest BCUT2D eigenvalue weighted by molar-refractivity contribution is -0.120. The van der Waals surface area contributed by atoms with Gasteiger partial charge in [-0.05, 0) is 55.7 Å². The van der Waals surface area contributed by atoms with Gasteiger partial charge in [0.2, 0.25) is 11.8 Å². The molecule has 1 aliphatic rings. The zero-order chi connectivity index (χ0) is 24.8. The van der Waals surface area contributed by atoms with Gasteiger partial charge in [-0.2, -0.15) is 0 Å². The summed E-state index contributed by atoms with van der Waals surface area (Å²) in [7, 11) is 0. The molecule has 0 saturated heterocycles. The summed E-state index contributed by atoms with van der Waals surface area (Å²) >= 11 is 0. The number of rotatable bonds is 7. The van der Waals surface area contributed by atoms with E-state index in [9.17, 15) is 9.59 Å². The van der Waals surface area contributed by atoms with Crippen molar-refractivity contribution >= 4 is 17.5 Å². The van der Waals surface area contributed by atoms with Crippen LogP contribution < -0.4 is 16.4 Å². The summed E-state index contributed by atoms with van der Waals surface area (Å²) in [6.45, 7) is 3.52. The van der Waals surface area contributed by atoms with E-state index in [-0.39, 0.29) is 23.9 Å². The second-order valence-corrected chi connectivity index (χ2v) is 9.57. The predicted octanol–water partition coefficient (Wildman–Crippen LogP) is 5.46. The van der Waals surface area contributed by atoms with Crippen molar-refractivity contribution in [2.45, 2.75) is 58.0 Å². The molecule has 0 spiro atoms. The first kappa shape index (κ1) is 24.6. The van der Waals surface area contributed by atoms with Gasteiger partial charge in [0.15, 0.2) is 0 Å². The summed E-state index contributed by atoms with van der Waals surface area (Å²) in [6.07, 6.45) is 5.95. The maximum atomic E-state index is 12.8. The molecular weight excluding hydrogens is 436 g/mol. The van der Waals surface area contributed by atoms with E-state index < -0.39 is 0 Å². The van der Waals surface area contributed by atoms with Crippen LogP contribution in [0.5, 0.6) is 0 Å². The lowest BCUT2D eigenvalue weighted by Gasteiger charge is -2.28. The zero-order valence-corrected chi connectivity index (χ0v) is 20.5. The molecule has 3 aromatic rings. The van der Waals surface area contributed by atoms with Gasteiger partial charge >= 0.3 is 0 Å². The number of benzene rings is 2. The van der Waals surface area contributed by atoms with Crippen LogP contribution in [0.3, 0.4) is 0 Å². The van der Waals surface area contributed by atoms with Crippen molar-refractivity contribution in [3.8, 4) is 22.4 Å². The van der Waals surface area contributed by atoms with Crippen LogP contribution in [0.2, 0.25) is 0 Å². The highest BCUT2D eigenvalue weighted by Gasteiger charge is 2.23. The molecule has 1 saturated carbocycles. The summed E-state index contributed by atoms with van der Waals surface area (Å²) in [6, 6.07) is 20.5. The highest BCUT2D eigenvalue weighted by Crippen LogP contribution is 2.33. The molecule has 1 heterocycles. The van der Waals surface area contributed by atoms with Crippen LogP contribution in [-0.2, 0) is 9.59 Å². The van der Waals surface area contributed by atoms with E-state index in [1.807, 2.05) is 55.5 Å². The van der Waals surface area contributed by atoms with Crippen molar-refractivity contribution < 1.29 is 9.59 Å². The fraction of sp³-hybridized carbons (Fsp3) is 0.345. The van der Waals surface area contributed by atoms with Crippen LogP contribution in [-0.4, -0.2) is 22.8 Å². The van der Waals surface area contributed by atoms with E-state index in [0.717, 1.165) is 53.6 Å². The van der Waals surface area contributed by atoms with E-state index in [0.29, 0.717) is 18.0 Å². The molecule has 6 heteroatoms. The second kappa shape index (κ2) is 11.3. The SMILES string of the molecule is CC(=O)N[C@H]1CC[C@H](CC(=O)Nc2cnc(-c3ccc([C@@H](C)N)cc3)c(-c3ccccc3)c2)CC1. The molecule has 1 aliphatic carbocycles. The van der Waals surface area contributed by atoms with E-state index in [1.165, 1.54) is 0 Å². The number of hydrogen-bond donors (Lipinski definition) is 3. The number of aromatic nitrogens is 1. The summed E-state index contributed by atoms with van der Waals surface area (Å²) in [5.41, 5.74) is 11.6. The number of hydrogen-bond acceptors (Lipinski definition) is 4. The number of amides is 2. The molecule has 0 aliphatic heterocycles. The average Bonchev–Trinajstić information content (AvgIpc) is 2.85. The van der Waals surface area contributed by atoms with Crippen molar-refractivity contribution in [2.24, 2.45) is 11.7 Å². The van der Waals surface area contributed by atoms with Gasteiger partial charge in [0.1, 0.15) is 0 Å². The van der Waals surface area contributed by atoms with E-state index in [4.69, 9.17) is 10.7 Å². The predicted molar refractivity (Wildman–Crippen MR) is 141 cm³/mol. The molecule has 1 atom stereocenters. The molecule has 4 N–H and O–H groups in total. The molecule has 0 bridgehead atoms. The molecule has 0 unspecified atom stereocenters. The number of carbonyl (C=O) groups excluding carboxylic acids is 2. The zero-order valence-electron chi connectivity index (χ0n) is 20.5. The van der Waals surface area contributed by atoms with Gasteiger partial charge in [0, 0.05) is 36.6 Å². The van der Waals surface area contributed by atoms with Crippen molar-refractivity contribution in [3.63, 3.8) is 0 Å². The van der Waals surface area contributed by atoms with Crippen molar-refractivity contribution in [1.82, 2.24) is 10.3 Å². The molecule has 0 radical (unpaired) electrons. The molecule has 1 aromatic heterocycles. The number of nitrogens with two attached hydrogens (primary N) is 1. The van der Waals surface area contributed by atoms with Crippen LogP contribution >= 0.6 is 0 Å². The lowest BCUT2D eigenvalue weighted by atomic mass is 9.84. The first-order chi connectivity index (χ1) is 16.9. The molecule has 1 fully saturated rings. The largest absolute Gasteiger partial charge is 0.354 e. The Balaban J connectivity index is 1.49. The summed E-state index contributed by atoms with van der Waals surface area (Å²) in [5, 5.41) is 6.05. The number of anilines is 1. The van der Waals surface area contributed by atoms with Crippen LogP contribution in [0.15, 0.2) is 66.9 Å². The van der Waals surface area contributed by atoms with Gasteiger partial charge in [-0.3, -0.25) is 14.6 Å². The Bertz CT molecular complexity index is 1150. The van der Waals surface area contributed by atoms with Gasteiger partial charge in [-0.25, -0.2) is 0 Å². The van der Waals surface area contributed by atoms with Crippen molar-refractivity contribution in [3.05, 3.63) is 72.4 Å². The maximum Gasteiger partial charge on any atom is 0.224 e. The maximum absolute atomic E-state index is 12.8. The standard InChI is InChI=1S/C29H34N4O2/c1-19(30)22-10-12-24(13-11-22)29-27(23-6-4-3-5-7-23)17-26(18-31-29)33-28(35)16-21-8-14-25(15-9-21)32-20(2)34/h3-7,10-13,17-19,21,25H,8-9,14-16,30H2,1-2H3,(H,32,34)(H,33,35)/t19-,21-,25-/m1/s1. The van der Waals surface area contributed by atoms with Gasteiger partial charge < -0.3 is 16.4 Å². The summed E-state index contributed by atoms with van der Waals surface area (Å²) < 4.78 is 0. The first-order valence-corrected chi connectivity index (χ1v) is 12.4. The Morgan fingerprint density at radius 1 is 1.00 bits per heavy atom. The lowest BCUT2D eigenvalue weighted by Crippen LogP contribution is -2.36.